The lowest BCUT2D eigenvalue weighted by molar-refractivity contribution is -0.131. The number of nitrogens with zero attached hydrogens (tertiary/aromatic N) is 3. The number of piperidine rings is 1. The van der Waals surface area contributed by atoms with Crippen LogP contribution >= 0.6 is 11.8 Å². The Hall–Kier alpha value is -3.53. The summed E-state index contributed by atoms with van der Waals surface area (Å²) in [6.07, 6.45) is 1.20. The molecule has 35 heavy (non-hydrogen) atoms. The van der Waals surface area contributed by atoms with Gasteiger partial charge in [0.1, 0.15) is 5.75 Å². The SMILES string of the molecule is COc1ccc(Cc2c(O)nc(SCC(=O)N3C[C@@H]4C[C@@H](C3)c3cccc(=O)n3C4)[nH]c2=O)cc1. The maximum Gasteiger partial charge on any atom is 0.258 e. The van der Waals surface area contributed by atoms with E-state index in [1.165, 1.54) is 0 Å². The van der Waals surface area contributed by atoms with Gasteiger partial charge in [-0.25, -0.2) is 0 Å². The Morgan fingerprint density at radius 3 is 2.71 bits per heavy atom. The number of benzene rings is 1. The number of aromatic amines is 1. The minimum absolute atomic E-state index is 0.0119. The number of thioether (sulfide) groups is 1. The minimum Gasteiger partial charge on any atom is -0.497 e. The van der Waals surface area contributed by atoms with Gasteiger partial charge in [0, 0.05) is 43.7 Å². The smallest absolute Gasteiger partial charge is 0.258 e. The number of rotatable bonds is 6. The van der Waals surface area contributed by atoms with Crippen molar-refractivity contribution in [2.75, 3.05) is 26.0 Å². The van der Waals surface area contributed by atoms with Gasteiger partial charge in [-0.2, -0.15) is 4.98 Å². The van der Waals surface area contributed by atoms with Crippen molar-refractivity contribution in [3.63, 3.8) is 0 Å². The number of hydrogen-bond acceptors (Lipinski definition) is 7. The molecule has 2 aromatic heterocycles. The first-order valence-corrected chi connectivity index (χ1v) is 12.4. The van der Waals surface area contributed by atoms with Crippen molar-refractivity contribution in [2.24, 2.45) is 5.92 Å². The molecule has 1 fully saturated rings. The average molecular weight is 495 g/mol. The van der Waals surface area contributed by atoms with Crippen molar-refractivity contribution >= 4 is 17.7 Å². The van der Waals surface area contributed by atoms with Gasteiger partial charge in [-0.15, -0.1) is 0 Å². The molecule has 0 spiro atoms. The maximum atomic E-state index is 13.0. The Labute approximate surface area is 205 Å². The van der Waals surface area contributed by atoms with E-state index in [2.05, 4.69) is 9.97 Å². The Bertz CT molecular complexity index is 1370. The first-order chi connectivity index (χ1) is 16.9. The molecule has 1 amide bonds. The van der Waals surface area contributed by atoms with Crippen LogP contribution in [0.25, 0.3) is 0 Å². The van der Waals surface area contributed by atoms with Gasteiger partial charge in [-0.05, 0) is 36.1 Å². The molecule has 2 bridgehead atoms. The molecule has 1 aromatic carbocycles. The number of carbonyl (C=O) groups excluding carboxylic acids is 1. The summed E-state index contributed by atoms with van der Waals surface area (Å²) in [6.45, 7) is 1.79. The predicted molar refractivity (Wildman–Crippen MR) is 131 cm³/mol. The molecule has 0 aliphatic carbocycles. The van der Waals surface area contributed by atoms with Gasteiger partial charge in [-0.1, -0.05) is 30.0 Å². The summed E-state index contributed by atoms with van der Waals surface area (Å²) in [5, 5.41) is 10.6. The summed E-state index contributed by atoms with van der Waals surface area (Å²) in [7, 11) is 1.58. The molecule has 2 aliphatic heterocycles. The van der Waals surface area contributed by atoms with Crippen molar-refractivity contribution < 1.29 is 14.6 Å². The Morgan fingerprint density at radius 2 is 1.97 bits per heavy atom. The van der Waals surface area contributed by atoms with E-state index in [1.54, 1.807) is 31.4 Å². The monoisotopic (exact) mass is 494 g/mol. The van der Waals surface area contributed by atoms with Crippen LogP contribution in [0.15, 0.2) is 57.2 Å². The zero-order chi connectivity index (χ0) is 24.5. The minimum atomic E-state index is -0.433. The fraction of sp³-hybridized carbons (Fsp3) is 0.360. The molecule has 3 aromatic rings. The van der Waals surface area contributed by atoms with E-state index in [1.807, 2.05) is 27.7 Å². The van der Waals surface area contributed by atoms with E-state index in [0.29, 0.717) is 25.4 Å². The Balaban J connectivity index is 1.23. The van der Waals surface area contributed by atoms with Crippen LogP contribution in [0.4, 0.5) is 0 Å². The number of hydrogen-bond donors (Lipinski definition) is 2. The van der Waals surface area contributed by atoms with Gasteiger partial charge in [-0.3, -0.25) is 14.4 Å². The van der Waals surface area contributed by atoms with Crippen molar-refractivity contribution in [1.82, 2.24) is 19.4 Å². The number of H-pyrrole nitrogens is 1. The quantitative estimate of drug-likeness (QED) is 0.397. The number of aromatic hydroxyl groups is 1. The normalized spacial score (nSPS) is 18.7. The predicted octanol–water partition coefficient (Wildman–Crippen LogP) is 1.97. The Kier molecular flexibility index (Phi) is 6.38. The van der Waals surface area contributed by atoms with E-state index in [9.17, 15) is 19.5 Å². The summed E-state index contributed by atoms with van der Waals surface area (Å²) >= 11 is 1.10. The van der Waals surface area contributed by atoms with Crippen molar-refractivity contribution in [3.05, 3.63) is 80.0 Å². The lowest BCUT2D eigenvalue weighted by atomic mass is 9.83. The van der Waals surface area contributed by atoms with Crippen molar-refractivity contribution in [2.45, 2.75) is 30.5 Å². The summed E-state index contributed by atoms with van der Waals surface area (Å²) < 4.78 is 6.97. The van der Waals surface area contributed by atoms with Crippen molar-refractivity contribution in [1.29, 1.82) is 0 Å². The standard InChI is InChI=1S/C25H26N4O5S/c1-34-18-7-5-15(6-8-18)10-19-23(32)26-25(27-24(19)33)35-14-22(31)28-11-16-9-17(13-28)20-3-2-4-21(30)29(20)12-16/h2-8,16-17H,9-14H2,1H3,(H2,26,27,32,33)/t16-,17-/m0/s1. The second kappa shape index (κ2) is 9.61. The third-order valence-electron chi connectivity index (χ3n) is 6.68. The van der Waals surface area contributed by atoms with Gasteiger partial charge < -0.3 is 24.3 Å². The lowest BCUT2D eigenvalue weighted by Crippen LogP contribution is -2.49. The second-order valence-corrected chi connectivity index (χ2v) is 9.95. The number of fused-ring (bicyclic) bond motifs is 4. The van der Waals surface area contributed by atoms with Crippen LogP contribution in [-0.2, 0) is 17.8 Å². The van der Waals surface area contributed by atoms with E-state index >= 15 is 0 Å². The molecule has 2 atom stereocenters. The topological polar surface area (TPSA) is 118 Å². The molecular weight excluding hydrogens is 468 g/mol. The zero-order valence-corrected chi connectivity index (χ0v) is 20.1. The fourth-order valence-electron chi connectivity index (χ4n) is 4.96. The molecule has 9 nitrogen and oxygen atoms in total. The molecule has 2 aliphatic rings. The summed E-state index contributed by atoms with van der Waals surface area (Å²) in [5.41, 5.74) is 1.57. The average Bonchev–Trinajstić information content (AvgIpc) is 2.85. The van der Waals surface area contributed by atoms with Crippen LogP contribution in [0.5, 0.6) is 11.6 Å². The largest absolute Gasteiger partial charge is 0.497 e. The van der Waals surface area contributed by atoms with Crippen LogP contribution in [0.2, 0.25) is 0 Å². The first-order valence-electron chi connectivity index (χ1n) is 11.5. The molecule has 2 N–H and O–H groups in total. The number of carbonyl (C=O) groups is 1. The third kappa shape index (κ3) is 4.84. The number of methoxy groups -OCH3 is 1. The van der Waals surface area contributed by atoms with Crippen LogP contribution < -0.4 is 15.9 Å². The molecule has 10 heteroatoms. The molecule has 4 heterocycles. The number of likely N-dealkylation sites (tertiary alicyclic amines) is 1. The van der Waals surface area contributed by atoms with Crippen LogP contribution in [0.1, 0.15) is 29.2 Å². The molecule has 5 rings (SSSR count). The fourth-order valence-corrected chi connectivity index (χ4v) is 5.72. The van der Waals surface area contributed by atoms with E-state index in [-0.39, 0.29) is 52.1 Å². The second-order valence-electron chi connectivity index (χ2n) is 8.98. The highest BCUT2D eigenvalue weighted by atomic mass is 32.2. The van der Waals surface area contributed by atoms with Gasteiger partial charge in [0.15, 0.2) is 5.16 Å². The van der Waals surface area contributed by atoms with Crippen LogP contribution in [0, 0.1) is 5.92 Å². The van der Waals surface area contributed by atoms with Crippen LogP contribution in [0.3, 0.4) is 0 Å². The van der Waals surface area contributed by atoms with E-state index < -0.39 is 5.56 Å². The summed E-state index contributed by atoms with van der Waals surface area (Å²) in [5.74, 6) is 0.798. The maximum absolute atomic E-state index is 13.0. The highest BCUT2D eigenvalue weighted by Gasteiger charge is 2.36. The lowest BCUT2D eigenvalue weighted by Gasteiger charge is -2.42. The highest BCUT2D eigenvalue weighted by Crippen LogP contribution is 2.35. The van der Waals surface area contributed by atoms with Gasteiger partial charge >= 0.3 is 0 Å². The van der Waals surface area contributed by atoms with Crippen molar-refractivity contribution in [3.8, 4) is 11.6 Å². The molecule has 0 saturated carbocycles. The highest BCUT2D eigenvalue weighted by molar-refractivity contribution is 7.99. The van der Waals surface area contributed by atoms with E-state index in [4.69, 9.17) is 4.74 Å². The van der Waals surface area contributed by atoms with Crippen LogP contribution in [-0.4, -0.2) is 56.4 Å². The van der Waals surface area contributed by atoms with Gasteiger partial charge in [0.25, 0.3) is 11.1 Å². The molecular formula is C25H26N4O5S. The van der Waals surface area contributed by atoms with E-state index in [0.717, 1.165) is 29.4 Å². The number of nitrogens with one attached hydrogen (secondary N) is 1. The molecule has 182 valence electrons. The number of amides is 1. The van der Waals surface area contributed by atoms with Gasteiger partial charge in [0.05, 0.1) is 18.4 Å². The number of aromatic nitrogens is 3. The van der Waals surface area contributed by atoms with Gasteiger partial charge in [0.2, 0.25) is 11.8 Å². The molecule has 1 saturated heterocycles. The number of ether oxygens (including phenoxy) is 1. The number of pyridine rings is 1. The molecule has 0 radical (unpaired) electrons. The zero-order valence-electron chi connectivity index (χ0n) is 19.3. The first kappa shape index (κ1) is 23.2. The molecule has 0 unspecified atom stereocenters. The summed E-state index contributed by atoms with van der Waals surface area (Å²) in [6, 6.07) is 12.5. The third-order valence-corrected chi connectivity index (χ3v) is 7.53. The summed E-state index contributed by atoms with van der Waals surface area (Å²) in [4.78, 5) is 46.4. The Morgan fingerprint density at radius 1 is 1.17 bits per heavy atom.